The number of anilines is 1. The van der Waals surface area contributed by atoms with Crippen molar-refractivity contribution in [1.29, 1.82) is 0 Å². The molecule has 0 aliphatic heterocycles. The van der Waals surface area contributed by atoms with Gasteiger partial charge < -0.3 is 5.32 Å². The fourth-order valence-corrected chi connectivity index (χ4v) is 3.34. The summed E-state index contributed by atoms with van der Waals surface area (Å²) in [6, 6.07) is 11.8. The van der Waals surface area contributed by atoms with Crippen LogP contribution in [0.5, 0.6) is 0 Å². The maximum atomic E-state index is 12.3. The van der Waals surface area contributed by atoms with Crippen molar-refractivity contribution < 1.29 is 18.0 Å². The molecule has 0 saturated heterocycles. The van der Waals surface area contributed by atoms with Gasteiger partial charge in [-0.15, -0.1) is 0 Å². The van der Waals surface area contributed by atoms with Gasteiger partial charge in [-0.2, -0.15) is 4.72 Å². The van der Waals surface area contributed by atoms with Gasteiger partial charge in [-0.1, -0.05) is 29.8 Å². The number of rotatable bonds is 6. The summed E-state index contributed by atoms with van der Waals surface area (Å²) in [7, 11) is -3.80. The van der Waals surface area contributed by atoms with E-state index in [0.717, 1.165) is 5.56 Å². The molecule has 6 nitrogen and oxygen atoms in total. The number of nitrogens with one attached hydrogen (secondary N) is 2. The Morgan fingerprint density at radius 3 is 2.28 bits per heavy atom. The summed E-state index contributed by atoms with van der Waals surface area (Å²) in [5, 5.41) is 2.60. The topological polar surface area (TPSA) is 92.3 Å². The molecule has 0 fully saturated rings. The number of ketones is 1. The lowest BCUT2D eigenvalue weighted by Crippen LogP contribution is -2.41. The normalized spacial score (nSPS) is 12.4. The molecule has 0 aliphatic rings. The van der Waals surface area contributed by atoms with Gasteiger partial charge in [-0.25, -0.2) is 8.42 Å². The number of amides is 1. The second kappa shape index (κ2) is 7.58. The average Bonchev–Trinajstić information content (AvgIpc) is 2.55. The minimum atomic E-state index is -3.80. The van der Waals surface area contributed by atoms with Gasteiger partial charge in [-0.3, -0.25) is 9.59 Å². The molecular formula is C18H20N2O4S. The maximum absolute atomic E-state index is 12.3. The predicted octanol–water partition coefficient (Wildman–Crippen LogP) is 2.50. The molecule has 2 aromatic rings. The molecule has 1 unspecified atom stereocenters. The Kier molecular flexibility index (Phi) is 5.71. The summed E-state index contributed by atoms with van der Waals surface area (Å²) in [6.45, 7) is 4.74. The fraction of sp³-hybridized carbons (Fsp3) is 0.222. The molecule has 2 rings (SSSR count). The van der Waals surface area contributed by atoms with Crippen molar-refractivity contribution in [1.82, 2.24) is 4.72 Å². The molecule has 0 aromatic heterocycles. The van der Waals surface area contributed by atoms with E-state index in [9.17, 15) is 18.0 Å². The van der Waals surface area contributed by atoms with Crippen LogP contribution in [-0.2, 0) is 14.8 Å². The number of carbonyl (C=O) groups excluding carboxylic acids is 2. The molecule has 0 aliphatic carbocycles. The predicted molar refractivity (Wildman–Crippen MR) is 96.0 cm³/mol. The SMILES string of the molecule is CC(=O)c1cccc(NC(=O)C(C)NS(=O)(=O)c2ccc(C)cc2)c1. The first-order chi connectivity index (χ1) is 11.7. The average molecular weight is 360 g/mol. The molecule has 25 heavy (non-hydrogen) atoms. The van der Waals surface area contributed by atoms with E-state index < -0.39 is 22.0 Å². The minimum Gasteiger partial charge on any atom is -0.325 e. The van der Waals surface area contributed by atoms with Crippen LogP contribution in [0.25, 0.3) is 0 Å². The van der Waals surface area contributed by atoms with E-state index >= 15 is 0 Å². The standard InChI is InChI=1S/C18H20N2O4S/c1-12-7-9-17(10-8-12)25(23,24)20-13(2)18(22)19-16-6-4-5-15(11-16)14(3)21/h4-11,13,20H,1-3H3,(H,19,22). The molecular weight excluding hydrogens is 340 g/mol. The quantitative estimate of drug-likeness (QED) is 0.774. The number of hydrogen-bond acceptors (Lipinski definition) is 4. The number of carbonyl (C=O) groups is 2. The Bertz CT molecular complexity index is 890. The third-order valence-corrected chi connectivity index (χ3v) is 5.15. The second-order valence-electron chi connectivity index (χ2n) is 5.78. The van der Waals surface area contributed by atoms with Crippen LogP contribution in [0.3, 0.4) is 0 Å². The van der Waals surface area contributed by atoms with Gasteiger partial charge in [0, 0.05) is 11.3 Å². The van der Waals surface area contributed by atoms with Gasteiger partial charge in [0.15, 0.2) is 5.78 Å². The van der Waals surface area contributed by atoms with E-state index in [4.69, 9.17) is 0 Å². The molecule has 7 heteroatoms. The largest absolute Gasteiger partial charge is 0.325 e. The zero-order valence-electron chi connectivity index (χ0n) is 14.2. The van der Waals surface area contributed by atoms with Crippen molar-refractivity contribution in [3.63, 3.8) is 0 Å². The Morgan fingerprint density at radius 1 is 1.04 bits per heavy atom. The van der Waals surface area contributed by atoms with Crippen LogP contribution in [0.2, 0.25) is 0 Å². The summed E-state index contributed by atoms with van der Waals surface area (Å²) < 4.78 is 27.0. The monoisotopic (exact) mass is 360 g/mol. The van der Waals surface area contributed by atoms with Crippen LogP contribution in [-0.4, -0.2) is 26.2 Å². The summed E-state index contributed by atoms with van der Waals surface area (Å²) >= 11 is 0. The molecule has 0 saturated carbocycles. The van der Waals surface area contributed by atoms with Crippen LogP contribution in [0, 0.1) is 6.92 Å². The highest BCUT2D eigenvalue weighted by molar-refractivity contribution is 7.89. The lowest BCUT2D eigenvalue weighted by Gasteiger charge is -2.15. The van der Waals surface area contributed by atoms with E-state index in [1.165, 1.54) is 26.0 Å². The van der Waals surface area contributed by atoms with Crippen LogP contribution in [0.1, 0.15) is 29.8 Å². The molecule has 132 valence electrons. The van der Waals surface area contributed by atoms with Crippen LogP contribution in [0.4, 0.5) is 5.69 Å². The molecule has 0 radical (unpaired) electrons. The number of aryl methyl sites for hydroxylation is 1. The van der Waals surface area contributed by atoms with E-state index in [2.05, 4.69) is 10.0 Å². The van der Waals surface area contributed by atoms with Gasteiger partial charge in [-0.05, 0) is 45.0 Å². The fourth-order valence-electron chi connectivity index (χ4n) is 2.14. The Morgan fingerprint density at radius 2 is 1.68 bits per heavy atom. The third kappa shape index (κ3) is 4.98. The number of hydrogen-bond donors (Lipinski definition) is 2. The zero-order chi connectivity index (χ0) is 18.6. The Labute approximate surface area is 147 Å². The Hall–Kier alpha value is -2.51. The van der Waals surface area contributed by atoms with Gasteiger partial charge in [0.05, 0.1) is 10.9 Å². The lowest BCUT2D eigenvalue weighted by molar-refractivity contribution is -0.117. The summed E-state index contributed by atoms with van der Waals surface area (Å²) in [5.74, 6) is -0.638. The van der Waals surface area contributed by atoms with Gasteiger partial charge in [0.1, 0.15) is 0 Å². The summed E-state index contributed by atoms with van der Waals surface area (Å²) in [6.07, 6.45) is 0. The molecule has 0 heterocycles. The molecule has 2 N–H and O–H groups in total. The van der Waals surface area contributed by atoms with E-state index in [0.29, 0.717) is 11.3 Å². The summed E-state index contributed by atoms with van der Waals surface area (Å²) in [5.41, 5.74) is 1.83. The third-order valence-electron chi connectivity index (χ3n) is 3.59. The van der Waals surface area contributed by atoms with Crippen molar-refractivity contribution in [2.45, 2.75) is 31.7 Å². The van der Waals surface area contributed by atoms with E-state index in [1.807, 2.05) is 6.92 Å². The molecule has 0 bridgehead atoms. The van der Waals surface area contributed by atoms with Crippen molar-refractivity contribution in [2.75, 3.05) is 5.32 Å². The Balaban J connectivity index is 2.08. The van der Waals surface area contributed by atoms with Crippen molar-refractivity contribution in [2.24, 2.45) is 0 Å². The number of Topliss-reactive ketones (excluding diaryl/α,β-unsaturated/α-hetero) is 1. The highest BCUT2D eigenvalue weighted by atomic mass is 32.2. The van der Waals surface area contributed by atoms with Gasteiger partial charge in [0.25, 0.3) is 0 Å². The molecule has 2 aromatic carbocycles. The first kappa shape index (κ1) is 18.8. The van der Waals surface area contributed by atoms with Crippen molar-refractivity contribution >= 4 is 27.4 Å². The maximum Gasteiger partial charge on any atom is 0.242 e. The van der Waals surface area contributed by atoms with E-state index in [-0.39, 0.29) is 10.7 Å². The second-order valence-corrected chi connectivity index (χ2v) is 7.50. The first-order valence-corrected chi connectivity index (χ1v) is 9.18. The van der Waals surface area contributed by atoms with Crippen molar-refractivity contribution in [3.8, 4) is 0 Å². The first-order valence-electron chi connectivity index (χ1n) is 7.70. The minimum absolute atomic E-state index is 0.0938. The van der Waals surface area contributed by atoms with Crippen LogP contribution in [0.15, 0.2) is 53.4 Å². The van der Waals surface area contributed by atoms with Gasteiger partial charge >= 0.3 is 0 Å². The zero-order valence-corrected chi connectivity index (χ0v) is 15.1. The van der Waals surface area contributed by atoms with Crippen LogP contribution < -0.4 is 10.0 Å². The number of sulfonamides is 1. The highest BCUT2D eigenvalue weighted by Crippen LogP contribution is 2.13. The smallest absolute Gasteiger partial charge is 0.242 e. The van der Waals surface area contributed by atoms with Crippen molar-refractivity contribution in [3.05, 3.63) is 59.7 Å². The molecule has 1 atom stereocenters. The lowest BCUT2D eigenvalue weighted by atomic mass is 10.1. The molecule has 1 amide bonds. The van der Waals surface area contributed by atoms with Gasteiger partial charge in [0.2, 0.25) is 15.9 Å². The highest BCUT2D eigenvalue weighted by Gasteiger charge is 2.22. The summed E-state index contributed by atoms with van der Waals surface area (Å²) in [4.78, 5) is 23.7. The van der Waals surface area contributed by atoms with E-state index in [1.54, 1.807) is 36.4 Å². The molecule has 0 spiro atoms. The van der Waals surface area contributed by atoms with Crippen LogP contribution >= 0.6 is 0 Å². The number of benzene rings is 2.